The van der Waals surface area contributed by atoms with Crippen LogP contribution in [0.4, 0.5) is 0 Å². The monoisotopic (exact) mass is 235 g/mol. The molecule has 1 atom stereocenters. The number of hydrogen-bond acceptors (Lipinski definition) is 2. The first-order valence-corrected chi connectivity index (χ1v) is 6.29. The second-order valence-corrected chi connectivity index (χ2v) is 5.66. The van der Waals surface area contributed by atoms with Crippen LogP contribution in [0.25, 0.3) is 0 Å². The second-order valence-electron chi connectivity index (χ2n) is 5.66. The van der Waals surface area contributed by atoms with E-state index in [1.807, 2.05) is 37.3 Å². The molecule has 0 aliphatic carbocycles. The first-order chi connectivity index (χ1) is 7.79. The Hall–Kier alpha value is -0.860. The molecule has 17 heavy (non-hydrogen) atoms. The lowest BCUT2D eigenvalue weighted by molar-refractivity contribution is -0.00663. The number of likely N-dealkylation sites (N-methyl/N-ethyl adjacent to an activating group) is 1. The minimum Gasteiger partial charge on any atom is -0.384 e. The fourth-order valence-electron chi connectivity index (χ4n) is 1.83. The summed E-state index contributed by atoms with van der Waals surface area (Å²) in [4.78, 5) is 2.22. The van der Waals surface area contributed by atoms with Crippen molar-refractivity contribution in [1.82, 2.24) is 4.90 Å². The molecule has 1 rings (SSSR count). The van der Waals surface area contributed by atoms with Crippen molar-refractivity contribution in [2.75, 3.05) is 13.6 Å². The maximum absolute atomic E-state index is 10.6. The van der Waals surface area contributed by atoms with Crippen LogP contribution in [0.2, 0.25) is 0 Å². The van der Waals surface area contributed by atoms with Crippen LogP contribution in [0.5, 0.6) is 0 Å². The highest BCUT2D eigenvalue weighted by Gasteiger charge is 2.30. The van der Waals surface area contributed by atoms with Crippen LogP contribution in [-0.2, 0) is 5.60 Å². The topological polar surface area (TPSA) is 23.5 Å². The van der Waals surface area contributed by atoms with E-state index < -0.39 is 5.60 Å². The minimum atomic E-state index is -0.803. The maximum atomic E-state index is 10.6. The summed E-state index contributed by atoms with van der Waals surface area (Å²) >= 11 is 0. The van der Waals surface area contributed by atoms with Gasteiger partial charge in [-0.1, -0.05) is 37.3 Å². The van der Waals surface area contributed by atoms with Gasteiger partial charge in [-0.15, -0.1) is 0 Å². The number of β-amino-alcohol motifs (C(OH)–C–C–N with tert-alkyl or cyclic N) is 1. The van der Waals surface area contributed by atoms with Gasteiger partial charge in [0.2, 0.25) is 0 Å². The molecule has 1 unspecified atom stereocenters. The molecule has 0 saturated carbocycles. The zero-order valence-electron chi connectivity index (χ0n) is 11.7. The molecule has 1 aromatic rings. The lowest BCUT2D eigenvalue weighted by Gasteiger charge is -2.39. The van der Waals surface area contributed by atoms with Crippen molar-refractivity contribution >= 4 is 0 Å². The third kappa shape index (κ3) is 3.55. The molecule has 0 saturated heterocycles. The molecule has 2 nitrogen and oxygen atoms in total. The van der Waals surface area contributed by atoms with Crippen LogP contribution >= 0.6 is 0 Å². The Labute approximate surface area is 105 Å². The zero-order chi connectivity index (χ0) is 13.1. The lowest BCUT2D eigenvalue weighted by atomic mass is 9.92. The summed E-state index contributed by atoms with van der Waals surface area (Å²) in [7, 11) is 2.07. The average Bonchev–Trinajstić information content (AvgIpc) is 2.29. The number of benzene rings is 1. The number of nitrogens with zero attached hydrogens (tertiary/aromatic N) is 1. The van der Waals surface area contributed by atoms with Crippen molar-refractivity contribution in [3.05, 3.63) is 35.9 Å². The number of aliphatic hydroxyl groups is 1. The van der Waals surface area contributed by atoms with Gasteiger partial charge in [0.25, 0.3) is 0 Å². The molecule has 0 amide bonds. The SMILES string of the molecule is CCC(C)(C)N(C)CC(C)(O)c1ccccc1. The average molecular weight is 235 g/mol. The summed E-state index contributed by atoms with van der Waals surface area (Å²) in [6.07, 6.45) is 1.06. The van der Waals surface area contributed by atoms with Crippen LogP contribution in [-0.4, -0.2) is 29.1 Å². The summed E-state index contributed by atoms with van der Waals surface area (Å²) < 4.78 is 0. The Morgan fingerprint density at radius 3 is 2.12 bits per heavy atom. The first kappa shape index (κ1) is 14.2. The first-order valence-electron chi connectivity index (χ1n) is 6.29. The van der Waals surface area contributed by atoms with Gasteiger partial charge in [-0.2, -0.15) is 0 Å². The summed E-state index contributed by atoms with van der Waals surface area (Å²) in [6, 6.07) is 9.86. The summed E-state index contributed by atoms with van der Waals surface area (Å²) in [5, 5.41) is 10.6. The third-order valence-electron chi connectivity index (χ3n) is 3.84. The smallest absolute Gasteiger partial charge is 0.0994 e. The molecule has 1 N–H and O–H groups in total. The summed E-state index contributed by atoms with van der Waals surface area (Å²) in [5.74, 6) is 0. The summed E-state index contributed by atoms with van der Waals surface area (Å²) in [6.45, 7) is 9.10. The normalized spacial score (nSPS) is 15.9. The van der Waals surface area contributed by atoms with E-state index in [-0.39, 0.29) is 5.54 Å². The van der Waals surface area contributed by atoms with E-state index in [0.717, 1.165) is 12.0 Å². The minimum absolute atomic E-state index is 0.110. The Balaban J connectivity index is 2.80. The summed E-state index contributed by atoms with van der Waals surface area (Å²) in [5.41, 5.74) is 0.278. The van der Waals surface area contributed by atoms with Gasteiger partial charge < -0.3 is 5.11 Å². The van der Waals surface area contributed by atoms with Gasteiger partial charge in [0.15, 0.2) is 0 Å². The molecule has 0 bridgehead atoms. The predicted octanol–water partition coefficient (Wildman–Crippen LogP) is 3.01. The van der Waals surface area contributed by atoms with E-state index in [1.54, 1.807) is 0 Å². The molecule has 0 radical (unpaired) electrons. The van der Waals surface area contributed by atoms with E-state index in [1.165, 1.54) is 0 Å². The Bertz CT molecular complexity index is 343. The van der Waals surface area contributed by atoms with Crippen molar-refractivity contribution < 1.29 is 5.11 Å². The molecular weight excluding hydrogens is 210 g/mol. The quantitative estimate of drug-likeness (QED) is 0.848. The Kier molecular flexibility index (Phi) is 4.34. The molecule has 0 aliphatic heterocycles. The van der Waals surface area contributed by atoms with E-state index in [9.17, 15) is 5.11 Å². The Morgan fingerprint density at radius 2 is 1.65 bits per heavy atom. The third-order valence-corrected chi connectivity index (χ3v) is 3.84. The number of hydrogen-bond donors (Lipinski definition) is 1. The van der Waals surface area contributed by atoms with Crippen LogP contribution in [0.3, 0.4) is 0 Å². The van der Waals surface area contributed by atoms with Gasteiger partial charge >= 0.3 is 0 Å². The fourth-order valence-corrected chi connectivity index (χ4v) is 1.83. The predicted molar refractivity (Wildman–Crippen MR) is 73.0 cm³/mol. The van der Waals surface area contributed by atoms with Crippen LogP contribution in [0.15, 0.2) is 30.3 Å². The van der Waals surface area contributed by atoms with Crippen molar-refractivity contribution in [2.24, 2.45) is 0 Å². The molecule has 0 heterocycles. The van der Waals surface area contributed by atoms with Crippen molar-refractivity contribution in [1.29, 1.82) is 0 Å². The van der Waals surface area contributed by atoms with Crippen LogP contribution < -0.4 is 0 Å². The van der Waals surface area contributed by atoms with Gasteiger partial charge in [-0.25, -0.2) is 0 Å². The van der Waals surface area contributed by atoms with E-state index >= 15 is 0 Å². The van der Waals surface area contributed by atoms with Crippen molar-refractivity contribution in [3.8, 4) is 0 Å². The van der Waals surface area contributed by atoms with Crippen LogP contribution in [0.1, 0.15) is 39.7 Å². The van der Waals surface area contributed by atoms with Crippen LogP contribution in [0, 0.1) is 0 Å². The molecule has 0 aliphatic rings. The zero-order valence-corrected chi connectivity index (χ0v) is 11.7. The second kappa shape index (κ2) is 5.19. The molecule has 96 valence electrons. The van der Waals surface area contributed by atoms with E-state index in [0.29, 0.717) is 6.54 Å². The highest BCUT2D eigenvalue weighted by molar-refractivity contribution is 5.21. The number of rotatable bonds is 5. The highest BCUT2D eigenvalue weighted by Crippen LogP contribution is 2.25. The highest BCUT2D eigenvalue weighted by atomic mass is 16.3. The van der Waals surface area contributed by atoms with Gasteiger partial charge in [0.1, 0.15) is 0 Å². The Morgan fingerprint density at radius 1 is 1.12 bits per heavy atom. The molecule has 2 heteroatoms. The molecule has 0 fully saturated rings. The van der Waals surface area contributed by atoms with Gasteiger partial charge in [0.05, 0.1) is 5.60 Å². The molecule has 1 aromatic carbocycles. The standard InChI is InChI=1S/C15H25NO/c1-6-14(2,3)16(5)12-15(4,17)13-10-8-7-9-11-13/h7-11,17H,6,12H2,1-5H3. The maximum Gasteiger partial charge on any atom is 0.0994 e. The lowest BCUT2D eigenvalue weighted by Crippen LogP contribution is -2.47. The van der Waals surface area contributed by atoms with Crippen molar-refractivity contribution in [3.63, 3.8) is 0 Å². The van der Waals surface area contributed by atoms with Gasteiger partial charge in [-0.05, 0) is 39.8 Å². The molecule has 0 spiro atoms. The largest absolute Gasteiger partial charge is 0.384 e. The van der Waals surface area contributed by atoms with E-state index in [2.05, 4.69) is 32.7 Å². The van der Waals surface area contributed by atoms with Crippen molar-refractivity contribution in [2.45, 2.75) is 45.3 Å². The molecular formula is C15H25NO. The van der Waals surface area contributed by atoms with Gasteiger partial charge in [-0.3, -0.25) is 4.90 Å². The molecule has 0 aromatic heterocycles. The van der Waals surface area contributed by atoms with E-state index in [4.69, 9.17) is 0 Å². The fraction of sp³-hybridized carbons (Fsp3) is 0.600. The van der Waals surface area contributed by atoms with Gasteiger partial charge in [0, 0.05) is 12.1 Å².